The number of hydrogen-bond acceptors (Lipinski definition) is 5. The second-order valence-electron chi connectivity index (χ2n) is 6.06. The quantitative estimate of drug-likeness (QED) is 0.699. The van der Waals surface area contributed by atoms with Gasteiger partial charge in [-0.05, 0) is 43.2 Å². The summed E-state index contributed by atoms with van der Waals surface area (Å²) in [4.78, 5) is -0.100. The molecule has 1 atom stereocenters. The van der Waals surface area contributed by atoms with Gasteiger partial charge in [0.25, 0.3) is 0 Å². The highest BCUT2D eigenvalue weighted by Gasteiger charge is 2.39. The molecule has 9 heteroatoms. The second kappa shape index (κ2) is 6.33. The van der Waals surface area contributed by atoms with Crippen LogP contribution in [0.25, 0.3) is 5.65 Å². The van der Waals surface area contributed by atoms with Crippen LogP contribution in [0.4, 0.5) is 4.39 Å². The van der Waals surface area contributed by atoms with Crippen molar-refractivity contribution < 1.29 is 17.5 Å². The molecule has 0 N–H and O–H groups in total. The minimum Gasteiger partial charge on any atom is -0.494 e. The van der Waals surface area contributed by atoms with E-state index in [1.54, 1.807) is 10.6 Å². The van der Waals surface area contributed by atoms with Gasteiger partial charge in [-0.15, -0.1) is 10.2 Å². The Labute approximate surface area is 150 Å². The number of sulfonamides is 1. The second-order valence-corrected chi connectivity index (χ2v) is 7.95. The van der Waals surface area contributed by atoms with Crippen molar-refractivity contribution in [2.75, 3.05) is 13.7 Å². The van der Waals surface area contributed by atoms with E-state index in [4.69, 9.17) is 4.74 Å². The average Bonchev–Trinajstić information content (AvgIpc) is 3.28. The van der Waals surface area contributed by atoms with E-state index in [0.29, 0.717) is 30.9 Å². The summed E-state index contributed by atoms with van der Waals surface area (Å²) in [5.74, 6) is -0.140. The number of methoxy groups -OCH3 is 1. The van der Waals surface area contributed by atoms with Gasteiger partial charge in [0.2, 0.25) is 10.0 Å². The molecule has 1 aromatic carbocycles. The maximum absolute atomic E-state index is 14.0. The van der Waals surface area contributed by atoms with E-state index in [9.17, 15) is 12.8 Å². The molecule has 0 bridgehead atoms. The molecule has 1 aliphatic heterocycles. The highest BCUT2D eigenvalue weighted by atomic mass is 32.2. The highest BCUT2D eigenvalue weighted by Crippen LogP contribution is 2.36. The molecule has 136 valence electrons. The summed E-state index contributed by atoms with van der Waals surface area (Å²) in [6.45, 7) is 0.350. The molecule has 0 radical (unpaired) electrons. The average molecular weight is 376 g/mol. The first-order valence-corrected chi connectivity index (χ1v) is 9.61. The van der Waals surface area contributed by atoms with E-state index in [-0.39, 0.29) is 10.6 Å². The first-order valence-electron chi connectivity index (χ1n) is 8.17. The van der Waals surface area contributed by atoms with E-state index in [0.717, 1.165) is 6.07 Å². The first kappa shape index (κ1) is 16.9. The van der Waals surface area contributed by atoms with Crippen molar-refractivity contribution >= 4 is 15.7 Å². The number of aromatic nitrogens is 3. The van der Waals surface area contributed by atoms with Crippen LogP contribution in [0.15, 0.2) is 47.5 Å². The van der Waals surface area contributed by atoms with Crippen LogP contribution in [0, 0.1) is 5.82 Å². The van der Waals surface area contributed by atoms with Gasteiger partial charge in [-0.1, -0.05) is 6.07 Å². The Hall–Kier alpha value is -2.52. The molecule has 1 saturated heterocycles. The summed E-state index contributed by atoms with van der Waals surface area (Å²) in [6.07, 6.45) is 3.14. The van der Waals surface area contributed by atoms with Gasteiger partial charge in [0.15, 0.2) is 23.0 Å². The number of hydrogen-bond donors (Lipinski definition) is 0. The molecular weight excluding hydrogens is 359 g/mol. The maximum atomic E-state index is 14.0. The van der Waals surface area contributed by atoms with Gasteiger partial charge in [-0.3, -0.25) is 4.40 Å². The molecule has 1 fully saturated rings. The predicted molar refractivity (Wildman–Crippen MR) is 91.8 cm³/mol. The molecule has 2 aromatic heterocycles. The van der Waals surface area contributed by atoms with Crippen molar-refractivity contribution in [1.82, 2.24) is 18.9 Å². The van der Waals surface area contributed by atoms with Crippen molar-refractivity contribution in [3.8, 4) is 5.75 Å². The molecule has 7 nitrogen and oxygen atoms in total. The predicted octanol–water partition coefficient (Wildman–Crippen LogP) is 2.40. The molecule has 4 rings (SSSR count). The topological polar surface area (TPSA) is 76.8 Å². The van der Waals surface area contributed by atoms with Crippen LogP contribution in [0.5, 0.6) is 5.75 Å². The molecule has 26 heavy (non-hydrogen) atoms. The number of pyridine rings is 1. The van der Waals surface area contributed by atoms with Crippen LogP contribution in [-0.4, -0.2) is 41.0 Å². The molecule has 1 unspecified atom stereocenters. The van der Waals surface area contributed by atoms with E-state index in [1.807, 2.05) is 18.2 Å². The first-order chi connectivity index (χ1) is 12.5. The smallest absolute Gasteiger partial charge is 0.243 e. The molecule has 0 amide bonds. The zero-order chi connectivity index (χ0) is 18.3. The van der Waals surface area contributed by atoms with Crippen molar-refractivity contribution in [2.45, 2.75) is 23.8 Å². The summed E-state index contributed by atoms with van der Waals surface area (Å²) in [7, 11) is -2.54. The Balaban J connectivity index is 1.75. The summed E-state index contributed by atoms with van der Waals surface area (Å²) < 4.78 is 48.2. The fourth-order valence-electron chi connectivity index (χ4n) is 3.32. The number of benzene rings is 1. The standard InChI is InChI=1S/C17H17FN4O3S/c1-25-15-8-7-12(11-13(15)18)26(23,24)22-10-4-5-14(22)17-20-19-16-6-2-3-9-21(16)17/h2-3,6-9,11,14H,4-5,10H2,1H3. The Bertz CT molecular complexity index is 1070. The third kappa shape index (κ3) is 2.63. The van der Waals surface area contributed by atoms with Gasteiger partial charge in [-0.2, -0.15) is 4.31 Å². The van der Waals surface area contributed by atoms with Crippen LogP contribution < -0.4 is 4.74 Å². The third-order valence-corrected chi connectivity index (χ3v) is 6.48. The molecular formula is C17H17FN4O3S. The third-order valence-electron chi connectivity index (χ3n) is 4.57. The summed E-state index contributed by atoms with van der Waals surface area (Å²) in [5, 5.41) is 8.30. The van der Waals surface area contributed by atoms with E-state index in [1.165, 1.54) is 23.5 Å². The lowest BCUT2D eigenvalue weighted by Gasteiger charge is -2.23. The lowest BCUT2D eigenvalue weighted by Crippen LogP contribution is -2.31. The number of fused-ring (bicyclic) bond motifs is 1. The minimum absolute atomic E-state index is 0.00497. The fraction of sp³-hybridized carbons (Fsp3) is 0.294. The van der Waals surface area contributed by atoms with Crippen molar-refractivity contribution in [3.05, 3.63) is 54.2 Å². The zero-order valence-electron chi connectivity index (χ0n) is 14.0. The molecule has 0 aliphatic carbocycles. The molecule has 3 aromatic rings. The van der Waals surface area contributed by atoms with Gasteiger partial charge >= 0.3 is 0 Å². The van der Waals surface area contributed by atoms with Crippen molar-refractivity contribution in [2.24, 2.45) is 0 Å². The summed E-state index contributed by atoms with van der Waals surface area (Å²) in [6, 6.07) is 8.72. The van der Waals surface area contributed by atoms with Crippen LogP contribution in [0.3, 0.4) is 0 Å². The van der Waals surface area contributed by atoms with Crippen LogP contribution >= 0.6 is 0 Å². The molecule has 3 heterocycles. The van der Waals surface area contributed by atoms with Crippen LogP contribution in [-0.2, 0) is 10.0 Å². The minimum atomic E-state index is -3.87. The van der Waals surface area contributed by atoms with Gasteiger partial charge in [-0.25, -0.2) is 12.8 Å². The molecule has 0 saturated carbocycles. The summed E-state index contributed by atoms with van der Waals surface area (Å²) >= 11 is 0. The Morgan fingerprint density at radius 2 is 2.08 bits per heavy atom. The molecule has 1 aliphatic rings. The Morgan fingerprint density at radius 1 is 1.23 bits per heavy atom. The SMILES string of the molecule is COc1ccc(S(=O)(=O)N2CCCC2c2nnc3ccccn23)cc1F. The summed E-state index contributed by atoms with van der Waals surface area (Å²) in [5.41, 5.74) is 0.655. The van der Waals surface area contributed by atoms with Gasteiger partial charge in [0.1, 0.15) is 0 Å². The van der Waals surface area contributed by atoms with E-state index in [2.05, 4.69) is 10.2 Å². The Morgan fingerprint density at radius 3 is 2.85 bits per heavy atom. The normalized spacial score (nSPS) is 18.5. The zero-order valence-corrected chi connectivity index (χ0v) is 14.9. The van der Waals surface area contributed by atoms with Crippen molar-refractivity contribution in [1.29, 1.82) is 0 Å². The fourth-order valence-corrected chi connectivity index (χ4v) is 4.98. The van der Waals surface area contributed by atoms with E-state index >= 15 is 0 Å². The highest BCUT2D eigenvalue weighted by molar-refractivity contribution is 7.89. The number of ether oxygens (including phenoxy) is 1. The van der Waals surface area contributed by atoms with Gasteiger partial charge < -0.3 is 4.74 Å². The van der Waals surface area contributed by atoms with Crippen LogP contribution in [0.1, 0.15) is 24.7 Å². The number of halogens is 1. The van der Waals surface area contributed by atoms with Gasteiger partial charge in [0, 0.05) is 12.7 Å². The maximum Gasteiger partial charge on any atom is 0.243 e. The largest absolute Gasteiger partial charge is 0.494 e. The van der Waals surface area contributed by atoms with Crippen molar-refractivity contribution in [3.63, 3.8) is 0 Å². The van der Waals surface area contributed by atoms with Gasteiger partial charge in [0.05, 0.1) is 18.0 Å². The Kier molecular flexibility index (Phi) is 4.12. The lowest BCUT2D eigenvalue weighted by molar-refractivity contribution is 0.377. The van der Waals surface area contributed by atoms with Crippen LogP contribution in [0.2, 0.25) is 0 Å². The number of rotatable bonds is 4. The molecule has 0 spiro atoms. The van der Waals surface area contributed by atoms with E-state index < -0.39 is 21.9 Å². The number of nitrogens with zero attached hydrogens (tertiary/aromatic N) is 4. The monoisotopic (exact) mass is 376 g/mol. The lowest BCUT2D eigenvalue weighted by atomic mass is 10.2.